The molecule has 5 heteroatoms. The normalized spacial score (nSPS) is 19.8. The molecule has 1 aliphatic rings. The van der Waals surface area contributed by atoms with Crippen molar-refractivity contribution in [3.8, 4) is 0 Å². The highest BCUT2D eigenvalue weighted by Crippen LogP contribution is 2.25. The molecule has 2 N–H and O–H groups in total. The number of rotatable bonds is 7. The zero-order valence-electron chi connectivity index (χ0n) is 14.3. The van der Waals surface area contributed by atoms with Gasteiger partial charge in [-0.2, -0.15) is 11.8 Å². The SMILES string of the molecule is CS[C@@H](C)C(=O)NCC1(N[C@H](C)c2ccccc2)CCOCC1. The molecule has 0 aromatic heterocycles. The Balaban J connectivity index is 2.02. The van der Waals surface area contributed by atoms with E-state index in [1.54, 1.807) is 11.8 Å². The number of nitrogens with one attached hydrogen (secondary N) is 2. The molecule has 1 amide bonds. The minimum absolute atomic E-state index is 0.0153. The topological polar surface area (TPSA) is 50.4 Å². The summed E-state index contributed by atoms with van der Waals surface area (Å²) in [5.41, 5.74) is 1.17. The van der Waals surface area contributed by atoms with Crippen molar-refractivity contribution < 1.29 is 9.53 Å². The van der Waals surface area contributed by atoms with Crippen molar-refractivity contribution in [2.75, 3.05) is 26.0 Å². The summed E-state index contributed by atoms with van der Waals surface area (Å²) in [7, 11) is 0. The van der Waals surface area contributed by atoms with Gasteiger partial charge in [-0.05, 0) is 38.5 Å². The van der Waals surface area contributed by atoms with Crippen LogP contribution in [0.25, 0.3) is 0 Å². The molecule has 0 bridgehead atoms. The van der Waals surface area contributed by atoms with Crippen molar-refractivity contribution >= 4 is 17.7 Å². The van der Waals surface area contributed by atoms with E-state index in [0.717, 1.165) is 26.1 Å². The van der Waals surface area contributed by atoms with Crippen LogP contribution in [0.5, 0.6) is 0 Å². The van der Waals surface area contributed by atoms with Crippen molar-refractivity contribution in [3.05, 3.63) is 35.9 Å². The minimum Gasteiger partial charge on any atom is -0.381 e. The first-order valence-electron chi connectivity index (χ1n) is 8.27. The summed E-state index contributed by atoms with van der Waals surface area (Å²) < 4.78 is 5.53. The number of carbonyl (C=O) groups excluding carboxylic acids is 1. The van der Waals surface area contributed by atoms with Gasteiger partial charge >= 0.3 is 0 Å². The van der Waals surface area contributed by atoms with Gasteiger partial charge in [0, 0.05) is 31.3 Å². The Kier molecular flexibility index (Phi) is 6.93. The zero-order chi connectivity index (χ0) is 16.7. The molecule has 1 fully saturated rings. The number of ether oxygens (including phenoxy) is 1. The minimum atomic E-state index is -0.0959. The van der Waals surface area contributed by atoms with Crippen molar-refractivity contribution in [1.82, 2.24) is 10.6 Å². The van der Waals surface area contributed by atoms with E-state index in [4.69, 9.17) is 4.74 Å². The third kappa shape index (κ3) is 5.23. The van der Waals surface area contributed by atoms with Gasteiger partial charge in [-0.25, -0.2) is 0 Å². The summed E-state index contributed by atoms with van der Waals surface area (Å²) in [4.78, 5) is 12.1. The van der Waals surface area contributed by atoms with E-state index in [0.29, 0.717) is 6.54 Å². The van der Waals surface area contributed by atoms with E-state index in [-0.39, 0.29) is 22.7 Å². The summed E-state index contributed by atoms with van der Waals surface area (Å²) in [5, 5.41) is 6.87. The molecule has 0 unspecified atom stereocenters. The van der Waals surface area contributed by atoms with Gasteiger partial charge in [-0.15, -0.1) is 0 Å². The van der Waals surface area contributed by atoms with Crippen LogP contribution < -0.4 is 10.6 Å². The van der Waals surface area contributed by atoms with Gasteiger partial charge in [0.15, 0.2) is 0 Å². The highest BCUT2D eigenvalue weighted by Gasteiger charge is 2.34. The molecule has 0 aliphatic carbocycles. The number of hydrogen-bond donors (Lipinski definition) is 2. The molecule has 0 spiro atoms. The van der Waals surface area contributed by atoms with Crippen LogP contribution in [-0.2, 0) is 9.53 Å². The molecule has 1 saturated heterocycles. The Morgan fingerprint density at radius 2 is 1.91 bits per heavy atom. The molecule has 23 heavy (non-hydrogen) atoms. The Labute approximate surface area is 143 Å². The molecule has 0 saturated carbocycles. The highest BCUT2D eigenvalue weighted by molar-refractivity contribution is 7.99. The van der Waals surface area contributed by atoms with Crippen molar-refractivity contribution in [1.29, 1.82) is 0 Å². The summed E-state index contributed by atoms with van der Waals surface area (Å²) in [5.74, 6) is 0.109. The molecule has 1 heterocycles. The predicted molar refractivity (Wildman–Crippen MR) is 96.8 cm³/mol. The second-order valence-electron chi connectivity index (χ2n) is 6.27. The van der Waals surface area contributed by atoms with Gasteiger partial charge in [0.25, 0.3) is 0 Å². The number of carbonyl (C=O) groups is 1. The lowest BCUT2D eigenvalue weighted by Gasteiger charge is -2.40. The molecule has 1 aliphatic heterocycles. The molecule has 1 aromatic carbocycles. The van der Waals surface area contributed by atoms with Crippen LogP contribution in [0.2, 0.25) is 0 Å². The first-order valence-corrected chi connectivity index (χ1v) is 9.56. The van der Waals surface area contributed by atoms with E-state index in [1.807, 2.05) is 19.2 Å². The Bertz CT molecular complexity index is 489. The third-order valence-corrected chi connectivity index (χ3v) is 5.52. The van der Waals surface area contributed by atoms with Crippen LogP contribution in [0.15, 0.2) is 30.3 Å². The van der Waals surface area contributed by atoms with E-state index in [2.05, 4.69) is 41.8 Å². The molecule has 1 aromatic rings. The number of hydrogen-bond acceptors (Lipinski definition) is 4. The summed E-state index contributed by atoms with van der Waals surface area (Å²) in [6, 6.07) is 10.7. The average molecular weight is 337 g/mol. The van der Waals surface area contributed by atoms with Gasteiger partial charge in [0.05, 0.1) is 5.25 Å². The summed E-state index contributed by atoms with van der Waals surface area (Å²) in [6.45, 7) is 6.25. The fraction of sp³-hybridized carbons (Fsp3) is 0.611. The summed E-state index contributed by atoms with van der Waals surface area (Å²) >= 11 is 1.57. The lowest BCUT2D eigenvalue weighted by atomic mass is 9.88. The lowest BCUT2D eigenvalue weighted by Crippen LogP contribution is -2.57. The molecule has 128 valence electrons. The molecular formula is C18H28N2O2S. The van der Waals surface area contributed by atoms with E-state index >= 15 is 0 Å². The monoisotopic (exact) mass is 336 g/mol. The second kappa shape index (κ2) is 8.71. The molecular weight excluding hydrogens is 308 g/mol. The van der Waals surface area contributed by atoms with Crippen LogP contribution >= 0.6 is 11.8 Å². The molecule has 4 nitrogen and oxygen atoms in total. The Morgan fingerprint density at radius 3 is 2.52 bits per heavy atom. The molecule has 2 rings (SSSR count). The number of thioether (sulfide) groups is 1. The van der Waals surface area contributed by atoms with Gasteiger partial charge in [-0.3, -0.25) is 4.79 Å². The van der Waals surface area contributed by atoms with Crippen molar-refractivity contribution in [2.45, 2.75) is 43.5 Å². The summed E-state index contributed by atoms with van der Waals surface area (Å²) in [6.07, 6.45) is 3.79. The van der Waals surface area contributed by atoms with E-state index < -0.39 is 0 Å². The number of benzene rings is 1. The third-order valence-electron chi connectivity index (χ3n) is 4.60. The van der Waals surface area contributed by atoms with Gasteiger partial charge in [-0.1, -0.05) is 30.3 Å². The van der Waals surface area contributed by atoms with Crippen LogP contribution in [0, 0.1) is 0 Å². The van der Waals surface area contributed by atoms with Gasteiger partial charge in [0.2, 0.25) is 5.91 Å². The van der Waals surface area contributed by atoms with Gasteiger partial charge < -0.3 is 15.4 Å². The first-order chi connectivity index (χ1) is 11.1. The van der Waals surface area contributed by atoms with Crippen LogP contribution in [-0.4, -0.2) is 42.7 Å². The van der Waals surface area contributed by atoms with Crippen molar-refractivity contribution in [3.63, 3.8) is 0 Å². The Morgan fingerprint density at radius 1 is 1.26 bits per heavy atom. The zero-order valence-corrected chi connectivity index (χ0v) is 15.1. The second-order valence-corrected chi connectivity index (χ2v) is 7.44. The van der Waals surface area contributed by atoms with Crippen LogP contribution in [0.3, 0.4) is 0 Å². The maximum absolute atomic E-state index is 12.1. The lowest BCUT2D eigenvalue weighted by molar-refractivity contribution is -0.120. The number of amides is 1. The smallest absolute Gasteiger partial charge is 0.232 e. The maximum Gasteiger partial charge on any atom is 0.232 e. The fourth-order valence-corrected chi connectivity index (χ4v) is 3.22. The standard InChI is InChI=1S/C18H28N2O2S/c1-14(16-7-5-4-6-8-16)20-18(9-11-22-12-10-18)13-19-17(21)15(2)23-3/h4-8,14-15,20H,9-13H2,1-3H3,(H,19,21)/t14-,15+/m1/s1. The Hall–Kier alpha value is -1.04. The van der Waals surface area contributed by atoms with Crippen LogP contribution in [0.1, 0.15) is 38.3 Å². The highest BCUT2D eigenvalue weighted by atomic mass is 32.2. The van der Waals surface area contributed by atoms with Crippen LogP contribution in [0.4, 0.5) is 0 Å². The van der Waals surface area contributed by atoms with Gasteiger partial charge in [0.1, 0.15) is 0 Å². The molecule has 0 radical (unpaired) electrons. The van der Waals surface area contributed by atoms with Crippen molar-refractivity contribution in [2.24, 2.45) is 0 Å². The average Bonchev–Trinajstić information content (AvgIpc) is 2.60. The quantitative estimate of drug-likeness (QED) is 0.804. The maximum atomic E-state index is 12.1. The van der Waals surface area contributed by atoms with E-state index in [9.17, 15) is 4.79 Å². The fourth-order valence-electron chi connectivity index (χ4n) is 2.93. The van der Waals surface area contributed by atoms with E-state index in [1.165, 1.54) is 5.56 Å². The largest absolute Gasteiger partial charge is 0.381 e. The predicted octanol–water partition coefficient (Wildman–Crippen LogP) is 2.75. The molecule has 2 atom stereocenters. The first kappa shape index (κ1) is 18.3.